The van der Waals surface area contributed by atoms with Crippen molar-refractivity contribution in [3.63, 3.8) is 0 Å². The van der Waals surface area contributed by atoms with E-state index < -0.39 is 20.9 Å². The minimum atomic E-state index is -3.64. The van der Waals surface area contributed by atoms with Crippen molar-refractivity contribution >= 4 is 27.0 Å². The Hall–Kier alpha value is -4.09. The van der Waals surface area contributed by atoms with E-state index in [0.717, 1.165) is 18.4 Å². The lowest BCUT2D eigenvalue weighted by atomic mass is 9.83. The van der Waals surface area contributed by atoms with Crippen molar-refractivity contribution in [3.05, 3.63) is 89.3 Å². The van der Waals surface area contributed by atoms with E-state index in [9.17, 15) is 13.5 Å². The summed E-state index contributed by atoms with van der Waals surface area (Å²) in [4.78, 5) is 16.8. The van der Waals surface area contributed by atoms with Gasteiger partial charge in [-0.15, -0.1) is 0 Å². The van der Waals surface area contributed by atoms with Crippen LogP contribution < -0.4 is 4.72 Å². The molecule has 10 nitrogen and oxygen atoms in total. The first-order valence-electron chi connectivity index (χ1n) is 12.8. The number of benzene rings is 1. The molecule has 11 heteroatoms. The molecule has 0 aliphatic heterocycles. The third-order valence-electron chi connectivity index (χ3n) is 7.35. The summed E-state index contributed by atoms with van der Waals surface area (Å²) >= 11 is 0. The Labute approximate surface area is 225 Å². The fourth-order valence-corrected chi connectivity index (χ4v) is 6.95. The number of hydrogen-bond acceptors (Lipinski definition) is 8. The predicted octanol–water partition coefficient (Wildman–Crippen LogP) is 4.59. The Balaban J connectivity index is 1.61. The zero-order valence-electron chi connectivity index (χ0n) is 21.5. The maximum atomic E-state index is 13.1. The molecule has 39 heavy (non-hydrogen) atoms. The molecule has 1 saturated carbocycles. The number of nitrogens with one attached hydrogen (secondary N) is 2. The van der Waals surface area contributed by atoms with Gasteiger partial charge in [-0.25, -0.2) is 13.4 Å². The monoisotopic (exact) mass is 544 g/mol. The fourth-order valence-electron chi connectivity index (χ4n) is 5.46. The highest BCUT2D eigenvalue weighted by Gasteiger charge is 2.40. The molecule has 6 rings (SSSR count). The number of aryl methyl sites for hydroxylation is 2. The first-order valence-corrected chi connectivity index (χ1v) is 14.4. The van der Waals surface area contributed by atoms with Crippen LogP contribution in [0.3, 0.4) is 0 Å². The molecule has 4 heterocycles. The highest BCUT2D eigenvalue weighted by atomic mass is 32.2. The van der Waals surface area contributed by atoms with E-state index in [4.69, 9.17) is 4.52 Å². The number of anilines is 1. The number of hydrogen-bond donors (Lipinski definition) is 3. The van der Waals surface area contributed by atoms with E-state index in [1.54, 1.807) is 48.8 Å². The second-order valence-corrected chi connectivity index (χ2v) is 11.9. The van der Waals surface area contributed by atoms with E-state index in [1.807, 2.05) is 26.0 Å². The maximum Gasteiger partial charge on any atom is 0.237 e. The summed E-state index contributed by atoms with van der Waals surface area (Å²) in [5, 5.41) is 16.2. The molecule has 0 radical (unpaired) electrons. The van der Waals surface area contributed by atoms with Crippen LogP contribution in [0.1, 0.15) is 54.1 Å². The minimum absolute atomic E-state index is 0.0819. The number of rotatable bonds is 7. The van der Waals surface area contributed by atoms with Gasteiger partial charge < -0.3 is 14.6 Å². The van der Waals surface area contributed by atoms with Crippen molar-refractivity contribution in [3.8, 4) is 11.1 Å². The van der Waals surface area contributed by atoms with Crippen molar-refractivity contribution in [1.82, 2.24) is 25.1 Å². The molecule has 1 aliphatic rings. The molecule has 200 valence electrons. The molecule has 1 aliphatic carbocycles. The Morgan fingerprint density at radius 2 is 1.69 bits per heavy atom. The highest BCUT2D eigenvalue weighted by Crippen LogP contribution is 2.41. The van der Waals surface area contributed by atoms with Gasteiger partial charge in [0.1, 0.15) is 5.76 Å². The molecule has 0 spiro atoms. The van der Waals surface area contributed by atoms with Crippen LogP contribution in [0.25, 0.3) is 22.2 Å². The summed E-state index contributed by atoms with van der Waals surface area (Å²) in [5.41, 5.74) is 2.33. The lowest BCUT2D eigenvalue weighted by Crippen LogP contribution is -2.31. The Bertz CT molecular complexity index is 1680. The molecule has 0 unspecified atom stereocenters. The van der Waals surface area contributed by atoms with Crippen molar-refractivity contribution in [2.45, 2.75) is 50.4 Å². The molecular formula is C28H28N6O4S. The number of pyridine rings is 2. The maximum absolute atomic E-state index is 13.1. The van der Waals surface area contributed by atoms with Crippen molar-refractivity contribution in [2.75, 3.05) is 4.72 Å². The van der Waals surface area contributed by atoms with Crippen molar-refractivity contribution in [1.29, 1.82) is 0 Å². The third-order valence-corrected chi connectivity index (χ3v) is 9.18. The number of sulfonamides is 1. The van der Waals surface area contributed by atoms with Crippen LogP contribution in [0.4, 0.5) is 5.95 Å². The van der Waals surface area contributed by atoms with Gasteiger partial charge in [-0.2, -0.15) is 0 Å². The summed E-state index contributed by atoms with van der Waals surface area (Å²) in [7, 11) is -3.64. The Morgan fingerprint density at radius 3 is 2.26 bits per heavy atom. The lowest BCUT2D eigenvalue weighted by molar-refractivity contribution is 0.117. The molecule has 1 fully saturated rings. The second kappa shape index (κ2) is 9.58. The first-order chi connectivity index (χ1) is 18.8. The van der Waals surface area contributed by atoms with Crippen LogP contribution in [0.15, 0.2) is 65.4 Å². The van der Waals surface area contributed by atoms with Crippen molar-refractivity contribution in [2.24, 2.45) is 0 Å². The Kier molecular flexibility index (Phi) is 6.19. The number of aromatic amines is 1. The number of nitrogens with zero attached hydrogens (tertiary/aromatic N) is 4. The Morgan fingerprint density at radius 1 is 1.03 bits per heavy atom. The molecule has 1 aromatic carbocycles. The van der Waals surface area contributed by atoms with Crippen LogP contribution in [0.2, 0.25) is 0 Å². The number of aromatic nitrogens is 5. The van der Waals surface area contributed by atoms with Crippen LogP contribution in [0, 0.1) is 13.8 Å². The average Bonchev–Trinajstić information content (AvgIpc) is 3.69. The smallest absolute Gasteiger partial charge is 0.237 e. The number of aliphatic hydroxyl groups is 1. The number of H-pyrrole nitrogens is 1. The normalized spacial score (nSPS) is 14.7. The highest BCUT2D eigenvalue weighted by molar-refractivity contribution is 7.93. The predicted molar refractivity (Wildman–Crippen MR) is 146 cm³/mol. The van der Waals surface area contributed by atoms with Gasteiger partial charge in [-0.05, 0) is 68.7 Å². The summed E-state index contributed by atoms with van der Waals surface area (Å²) < 4.78 is 34.2. The molecule has 0 amide bonds. The molecule has 0 saturated heterocycles. The zero-order valence-corrected chi connectivity index (χ0v) is 22.4. The summed E-state index contributed by atoms with van der Waals surface area (Å²) in [6.45, 7) is 3.66. The summed E-state index contributed by atoms with van der Waals surface area (Å²) in [5.74, 6) is 0.692. The summed E-state index contributed by atoms with van der Waals surface area (Å²) in [6, 6.07) is 14.2. The number of imidazole rings is 1. The van der Waals surface area contributed by atoms with Gasteiger partial charge in [0, 0.05) is 23.5 Å². The third kappa shape index (κ3) is 4.37. The quantitative estimate of drug-likeness (QED) is 0.269. The van der Waals surface area contributed by atoms with Gasteiger partial charge in [-0.1, -0.05) is 30.1 Å². The second-order valence-electron chi connectivity index (χ2n) is 9.90. The van der Waals surface area contributed by atoms with Gasteiger partial charge in [-0.3, -0.25) is 14.7 Å². The van der Waals surface area contributed by atoms with E-state index in [0.29, 0.717) is 57.8 Å². The van der Waals surface area contributed by atoms with Gasteiger partial charge in [0.25, 0.3) is 0 Å². The van der Waals surface area contributed by atoms with E-state index in [2.05, 4.69) is 29.8 Å². The SMILES string of the molecule is Cc1noc(C)c1-c1cc(C(O)(c2ccccn2)c2ccccn2)c2nc(NS(=O)(=O)C3CCCC3)[nH]c2c1. The van der Waals surface area contributed by atoms with Crippen LogP contribution in [-0.4, -0.2) is 43.9 Å². The molecule has 0 bridgehead atoms. The topological polar surface area (TPSA) is 147 Å². The van der Waals surface area contributed by atoms with Gasteiger partial charge >= 0.3 is 0 Å². The largest absolute Gasteiger partial charge is 0.373 e. The van der Waals surface area contributed by atoms with Gasteiger partial charge in [0.05, 0.1) is 33.4 Å². The van der Waals surface area contributed by atoms with E-state index in [1.165, 1.54) is 0 Å². The van der Waals surface area contributed by atoms with E-state index >= 15 is 0 Å². The zero-order chi connectivity index (χ0) is 27.2. The van der Waals surface area contributed by atoms with Gasteiger partial charge in [0.2, 0.25) is 16.0 Å². The van der Waals surface area contributed by atoms with Crippen LogP contribution in [-0.2, 0) is 15.6 Å². The average molecular weight is 545 g/mol. The van der Waals surface area contributed by atoms with Crippen LogP contribution >= 0.6 is 0 Å². The van der Waals surface area contributed by atoms with E-state index in [-0.39, 0.29) is 5.95 Å². The molecule has 5 aromatic rings. The molecule has 0 atom stereocenters. The number of fused-ring (bicyclic) bond motifs is 1. The molecular weight excluding hydrogens is 516 g/mol. The summed E-state index contributed by atoms with van der Waals surface area (Å²) in [6.07, 6.45) is 6.22. The van der Waals surface area contributed by atoms with Crippen molar-refractivity contribution < 1.29 is 18.0 Å². The van der Waals surface area contributed by atoms with Gasteiger partial charge in [0.15, 0.2) is 5.60 Å². The first kappa shape index (κ1) is 25.2. The van der Waals surface area contributed by atoms with Crippen LogP contribution in [0.5, 0.6) is 0 Å². The molecule has 4 aromatic heterocycles. The minimum Gasteiger partial charge on any atom is -0.373 e. The molecule has 3 N–H and O–H groups in total. The standard InChI is InChI=1S/C28H28N6O4S/c1-17-25(18(2)38-33-17)19-15-21(28(35,23-11-5-7-13-29-23)24-12-6-8-14-30-24)26-22(16-19)31-27(32-26)34-39(36,37)20-9-3-4-10-20/h5-8,11-16,20,35H,3-4,9-10H2,1-2H3,(H2,31,32,34). The lowest BCUT2D eigenvalue weighted by Gasteiger charge is -2.28. The fraction of sp³-hybridized carbons (Fsp3) is 0.286.